The molecule has 0 saturated carbocycles. The standard InChI is InChI=1S/C22H25F3N2O2/c1-3-20(29-19-9-4-6-16(2)14-19)21(28)27-12-10-26(11-13-27)18-8-5-7-17(15-18)22(23,24)25/h4-9,14-15,20H,3,10-13H2,1-2H3/t20-/m1/s1. The highest BCUT2D eigenvalue weighted by Crippen LogP contribution is 2.32. The quantitative estimate of drug-likeness (QED) is 0.732. The highest BCUT2D eigenvalue weighted by molar-refractivity contribution is 5.81. The smallest absolute Gasteiger partial charge is 0.416 e. The highest BCUT2D eigenvalue weighted by Gasteiger charge is 2.32. The van der Waals surface area contributed by atoms with E-state index in [2.05, 4.69) is 0 Å². The second-order valence-electron chi connectivity index (χ2n) is 7.19. The molecule has 2 aromatic rings. The van der Waals surface area contributed by atoms with Gasteiger partial charge in [0.1, 0.15) is 5.75 Å². The van der Waals surface area contributed by atoms with Crippen LogP contribution in [0.1, 0.15) is 24.5 Å². The molecule has 0 aliphatic carbocycles. The van der Waals surface area contributed by atoms with Crippen molar-refractivity contribution in [3.05, 3.63) is 59.7 Å². The fourth-order valence-electron chi connectivity index (χ4n) is 3.43. The van der Waals surface area contributed by atoms with E-state index in [1.54, 1.807) is 11.0 Å². The fraction of sp³-hybridized carbons (Fsp3) is 0.409. The number of carbonyl (C=O) groups excluding carboxylic acids is 1. The van der Waals surface area contributed by atoms with Crippen LogP contribution in [0.15, 0.2) is 48.5 Å². The lowest BCUT2D eigenvalue weighted by Crippen LogP contribution is -2.52. The van der Waals surface area contributed by atoms with Gasteiger partial charge >= 0.3 is 6.18 Å². The summed E-state index contributed by atoms with van der Waals surface area (Å²) in [5, 5.41) is 0. The maximum Gasteiger partial charge on any atom is 0.416 e. The average Bonchev–Trinajstić information content (AvgIpc) is 2.71. The molecule has 29 heavy (non-hydrogen) atoms. The Kier molecular flexibility index (Phi) is 6.35. The number of hydrogen-bond donors (Lipinski definition) is 0. The zero-order valence-corrected chi connectivity index (χ0v) is 16.6. The van der Waals surface area contributed by atoms with Gasteiger partial charge < -0.3 is 14.5 Å². The minimum Gasteiger partial charge on any atom is -0.481 e. The van der Waals surface area contributed by atoms with E-state index in [0.29, 0.717) is 44.0 Å². The third-order valence-corrected chi connectivity index (χ3v) is 5.04. The molecule has 3 rings (SSSR count). The van der Waals surface area contributed by atoms with Crippen LogP contribution < -0.4 is 9.64 Å². The van der Waals surface area contributed by atoms with Gasteiger partial charge in [0.2, 0.25) is 0 Å². The monoisotopic (exact) mass is 406 g/mol. The Morgan fingerprint density at radius 2 is 1.76 bits per heavy atom. The SMILES string of the molecule is CC[C@@H](Oc1cccc(C)c1)C(=O)N1CCN(c2cccc(C(F)(F)F)c2)CC1. The molecule has 2 aromatic carbocycles. The Hall–Kier alpha value is -2.70. The Morgan fingerprint density at radius 1 is 1.07 bits per heavy atom. The third kappa shape index (κ3) is 5.22. The van der Waals surface area contributed by atoms with Gasteiger partial charge in [-0.2, -0.15) is 13.2 Å². The topological polar surface area (TPSA) is 32.8 Å². The molecule has 0 spiro atoms. The predicted molar refractivity (Wildman–Crippen MR) is 106 cm³/mol. The number of benzene rings is 2. The number of piperazine rings is 1. The summed E-state index contributed by atoms with van der Waals surface area (Å²) in [5.41, 5.74) is 0.917. The molecule has 1 fully saturated rings. The summed E-state index contributed by atoms with van der Waals surface area (Å²) < 4.78 is 44.7. The summed E-state index contributed by atoms with van der Waals surface area (Å²) in [4.78, 5) is 16.5. The number of amides is 1. The lowest BCUT2D eigenvalue weighted by molar-refractivity contribution is -0.139. The number of anilines is 1. The van der Waals surface area contributed by atoms with Crippen molar-refractivity contribution in [1.29, 1.82) is 0 Å². The Balaban J connectivity index is 1.61. The Morgan fingerprint density at radius 3 is 2.38 bits per heavy atom. The molecule has 1 aliphatic heterocycles. The second kappa shape index (κ2) is 8.76. The largest absolute Gasteiger partial charge is 0.481 e. The summed E-state index contributed by atoms with van der Waals surface area (Å²) in [5.74, 6) is 0.575. The van der Waals surface area contributed by atoms with Crippen LogP contribution in [0.5, 0.6) is 5.75 Å². The minimum atomic E-state index is -4.37. The van der Waals surface area contributed by atoms with Gasteiger partial charge in [-0.3, -0.25) is 4.79 Å². The summed E-state index contributed by atoms with van der Waals surface area (Å²) in [6, 6.07) is 12.9. The summed E-state index contributed by atoms with van der Waals surface area (Å²) >= 11 is 0. The molecule has 0 aromatic heterocycles. The first kappa shape index (κ1) is 21.0. The molecule has 0 N–H and O–H groups in total. The molecule has 156 valence electrons. The van der Waals surface area contributed by atoms with Gasteiger partial charge in [0.25, 0.3) is 5.91 Å². The first-order chi connectivity index (χ1) is 13.8. The number of carbonyl (C=O) groups is 1. The van der Waals surface area contributed by atoms with Gasteiger partial charge in [-0.25, -0.2) is 0 Å². The van der Waals surface area contributed by atoms with E-state index in [1.165, 1.54) is 6.07 Å². The van der Waals surface area contributed by atoms with Crippen molar-refractivity contribution in [3.63, 3.8) is 0 Å². The normalized spacial score (nSPS) is 15.9. The molecule has 1 atom stereocenters. The summed E-state index contributed by atoms with van der Waals surface area (Å²) in [6.07, 6.45) is -4.40. The molecule has 4 nitrogen and oxygen atoms in total. The van der Waals surface area contributed by atoms with E-state index >= 15 is 0 Å². The zero-order valence-electron chi connectivity index (χ0n) is 16.6. The van der Waals surface area contributed by atoms with E-state index in [1.807, 2.05) is 43.0 Å². The molecule has 0 bridgehead atoms. The van der Waals surface area contributed by atoms with Crippen molar-refractivity contribution < 1.29 is 22.7 Å². The van der Waals surface area contributed by atoms with E-state index in [0.717, 1.165) is 17.7 Å². The van der Waals surface area contributed by atoms with Crippen LogP contribution in [0, 0.1) is 6.92 Å². The van der Waals surface area contributed by atoms with Crippen molar-refractivity contribution in [3.8, 4) is 5.75 Å². The van der Waals surface area contributed by atoms with Crippen molar-refractivity contribution in [2.24, 2.45) is 0 Å². The lowest BCUT2D eigenvalue weighted by Gasteiger charge is -2.37. The number of halogens is 3. The lowest BCUT2D eigenvalue weighted by atomic mass is 10.1. The molecule has 7 heteroatoms. The maximum absolute atomic E-state index is 12.9. The zero-order chi connectivity index (χ0) is 21.0. The fourth-order valence-corrected chi connectivity index (χ4v) is 3.43. The number of ether oxygens (including phenoxy) is 1. The van der Waals surface area contributed by atoms with Gasteiger partial charge in [0, 0.05) is 31.9 Å². The molecule has 0 unspecified atom stereocenters. The summed E-state index contributed by atoms with van der Waals surface area (Å²) in [7, 11) is 0. The van der Waals surface area contributed by atoms with Crippen LogP contribution in [0.4, 0.5) is 18.9 Å². The van der Waals surface area contributed by atoms with E-state index in [4.69, 9.17) is 4.74 Å². The predicted octanol–water partition coefficient (Wildman–Crippen LogP) is 4.52. The molecular weight excluding hydrogens is 381 g/mol. The van der Waals surface area contributed by atoms with Crippen molar-refractivity contribution >= 4 is 11.6 Å². The molecule has 1 saturated heterocycles. The van der Waals surface area contributed by atoms with Gasteiger partial charge in [-0.15, -0.1) is 0 Å². The minimum absolute atomic E-state index is 0.0855. The molecule has 1 aliphatic rings. The molecular formula is C22H25F3N2O2. The molecule has 1 amide bonds. The Bertz CT molecular complexity index is 846. The third-order valence-electron chi connectivity index (χ3n) is 5.04. The number of hydrogen-bond acceptors (Lipinski definition) is 3. The number of aryl methyl sites for hydroxylation is 1. The van der Waals surface area contributed by atoms with E-state index in [-0.39, 0.29) is 5.91 Å². The maximum atomic E-state index is 12.9. The number of alkyl halides is 3. The molecule has 1 heterocycles. The van der Waals surface area contributed by atoms with Crippen LogP contribution in [-0.2, 0) is 11.0 Å². The highest BCUT2D eigenvalue weighted by atomic mass is 19.4. The van der Waals surface area contributed by atoms with Gasteiger partial charge in [-0.05, 0) is 49.2 Å². The van der Waals surface area contributed by atoms with Crippen LogP contribution >= 0.6 is 0 Å². The van der Waals surface area contributed by atoms with Gasteiger partial charge in [-0.1, -0.05) is 25.1 Å². The van der Waals surface area contributed by atoms with Gasteiger partial charge in [0.05, 0.1) is 5.56 Å². The van der Waals surface area contributed by atoms with Crippen LogP contribution in [0.2, 0.25) is 0 Å². The van der Waals surface area contributed by atoms with Crippen molar-refractivity contribution in [2.45, 2.75) is 32.5 Å². The Labute approximate surface area is 168 Å². The summed E-state index contributed by atoms with van der Waals surface area (Å²) in [6.45, 7) is 5.72. The average molecular weight is 406 g/mol. The van der Waals surface area contributed by atoms with Gasteiger partial charge in [0.15, 0.2) is 6.10 Å². The van der Waals surface area contributed by atoms with Crippen molar-refractivity contribution in [1.82, 2.24) is 4.90 Å². The van der Waals surface area contributed by atoms with Crippen LogP contribution in [0.25, 0.3) is 0 Å². The van der Waals surface area contributed by atoms with Crippen molar-refractivity contribution in [2.75, 3.05) is 31.1 Å². The second-order valence-corrected chi connectivity index (χ2v) is 7.19. The first-order valence-electron chi connectivity index (χ1n) is 9.72. The molecule has 0 radical (unpaired) electrons. The van der Waals surface area contributed by atoms with E-state index in [9.17, 15) is 18.0 Å². The van der Waals surface area contributed by atoms with E-state index < -0.39 is 17.8 Å². The van der Waals surface area contributed by atoms with Crippen LogP contribution in [-0.4, -0.2) is 43.1 Å². The first-order valence-corrected chi connectivity index (χ1v) is 9.72. The number of nitrogens with zero attached hydrogens (tertiary/aromatic N) is 2. The number of rotatable bonds is 5. The van der Waals surface area contributed by atoms with Crippen LogP contribution in [0.3, 0.4) is 0 Å².